The van der Waals surface area contributed by atoms with E-state index in [1.165, 1.54) is 6.08 Å². The van der Waals surface area contributed by atoms with Crippen molar-refractivity contribution >= 4 is 35.2 Å². The Morgan fingerprint density at radius 1 is 1.15 bits per heavy atom. The molecule has 2 N–H and O–H groups in total. The van der Waals surface area contributed by atoms with E-state index in [0.29, 0.717) is 16.5 Å². The van der Waals surface area contributed by atoms with Crippen LogP contribution in [0.2, 0.25) is 5.02 Å². The highest BCUT2D eigenvalue weighted by atomic mass is 35.5. The minimum atomic E-state index is -0.428. The molecule has 0 radical (unpaired) electrons. The molecule has 2 rings (SSSR count). The third kappa shape index (κ3) is 6.60. The first-order valence-corrected chi connectivity index (χ1v) is 8.55. The fourth-order valence-electron chi connectivity index (χ4n) is 2.14. The van der Waals surface area contributed by atoms with Gasteiger partial charge >= 0.3 is 0 Å². The molecule has 2 aromatic carbocycles. The number of para-hydroxylation sites is 1. The molecule has 6 nitrogen and oxygen atoms in total. The molecular weight excluding hydrogens is 366 g/mol. The lowest BCUT2D eigenvalue weighted by Crippen LogP contribution is -2.34. The van der Waals surface area contributed by atoms with E-state index in [4.69, 9.17) is 16.3 Å². The number of ether oxygens (including phenoxy) is 1. The molecular formula is C20H20ClN3O3. The van der Waals surface area contributed by atoms with Crippen molar-refractivity contribution < 1.29 is 14.3 Å². The molecule has 2 amide bonds. The molecule has 0 bridgehead atoms. The number of hydrogen-bond acceptors (Lipinski definition) is 4. The zero-order valence-electron chi connectivity index (χ0n) is 15.0. The van der Waals surface area contributed by atoms with Crippen LogP contribution in [-0.4, -0.2) is 31.2 Å². The van der Waals surface area contributed by atoms with E-state index in [1.807, 2.05) is 18.2 Å². The van der Waals surface area contributed by atoms with Crippen LogP contribution in [0.4, 0.5) is 0 Å². The smallest absolute Gasteiger partial charge is 0.259 e. The van der Waals surface area contributed by atoms with E-state index in [-0.39, 0.29) is 6.54 Å². The number of nitrogens with zero attached hydrogens (tertiary/aromatic N) is 1. The topological polar surface area (TPSA) is 79.8 Å². The van der Waals surface area contributed by atoms with Crippen molar-refractivity contribution in [1.82, 2.24) is 10.7 Å². The van der Waals surface area contributed by atoms with Gasteiger partial charge in [-0.3, -0.25) is 9.59 Å². The van der Waals surface area contributed by atoms with Crippen molar-refractivity contribution in [2.75, 3.05) is 13.7 Å². The lowest BCUT2D eigenvalue weighted by Gasteiger charge is -2.05. The second kappa shape index (κ2) is 10.1. The van der Waals surface area contributed by atoms with Crippen molar-refractivity contribution in [2.45, 2.75) is 6.92 Å². The van der Waals surface area contributed by atoms with Crippen molar-refractivity contribution in [3.63, 3.8) is 0 Å². The van der Waals surface area contributed by atoms with Gasteiger partial charge in [-0.05, 0) is 36.8 Å². The van der Waals surface area contributed by atoms with Gasteiger partial charge in [0.1, 0.15) is 5.75 Å². The van der Waals surface area contributed by atoms with Gasteiger partial charge in [-0.25, -0.2) is 5.43 Å². The number of benzene rings is 2. The normalized spacial score (nSPS) is 11.3. The van der Waals surface area contributed by atoms with Crippen LogP contribution < -0.4 is 15.5 Å². The summed E-state index contributed by atoms with van der Waals surface area (Å²) in [6.45, 7) is 1.57. The molecule has 0 spiro atoms. The average molecular weight is 386 g/mol. The molecule has 0 aliphatic heterocycles. The Balaban J connectivity index is 1.82. The molecule has 0 saturated heterocycles. The summed E-state index contributed by atoms with van der Waals surface area (Å²) in [5.41, 5.74) is 4.63. The Labute approximate surface area is 162 Å². The Morgan fingerprint density at radius 2 is 1.85 bits per heavy atom. The number of amides is 2. The molecule has 0 aromatic heterocycles. The van der Waals surface area contributed by atoms with Crippen LogP contribution in [0, 0.1) is 0 Å². The first-order valence-electron chi connectivity index (χ1n) is 8.17. The summed E-state index contributed by atoms with van der Waals surface area (Å²) in [6, 6.07) is 14.4. The lowest BCUT2D eigenvalue weighted by atomic mass is 10.1. The number of carbonyl (C=O) groups excluding carboxylic acids is 2. The maximum atomic E-state index is 11.8. The van der Waals surface area contributed by atoms with Gasteiger partial charge in [-0.1, -0.05) is 41.9 Å². The van der Waals surface area contributed by atoms with Gasteiger partial charge < -0.3 is 10.1 Å². The van der Waals surface area contributed by atoms with Crippen LogP contribution in [0.25, 0.3) is 6.08 Å². The average Bonchev–Trinajstić information content (AvgIpc) is 2.69. The highest BCUT2D eigenvalue weighted by Crippen LogP contribution is 2.18. The quantitative estimate of drug-likeness (QED) is 0.437. The monoisotopic (exact) mass is 385 g/mol. The van der Waals surface area contributed by atoms with Crippen molar-refractivity contribution in [3.8, 4) is 5.75 Å². The molecule has 0 saturated carbocycles. The number of methoxy groups -OCH3 is 1. The Morgan fingerprint density at radius 3 is 2.56 bits per heavy atom. The molecule has 0 fully saturated rings. The van der Waals surface area contributed by atoms with Crippen molar-refractivity contribution in [1.29, 1.82) is 0 Å². The molecule has 0 unspecified atom stereocenters. The van der Waals surface area contributed by atoms with Crippen LogP contribution in [0.1, 0.15) is 18.1 Å². The van der Waals surface area contributed by atoms with Crippen molar-refractivity contribution in [2.24, 2.45) is 5.10 Å². The third-order valence-electron chi connectivity index (χ3n) is 3.59. The second-order valence-electron chi connectivity index (χ2n) is 5.53. The summed E-state index contributed by atoms with van der Waals surface area (Å²) in [7, 11) is 1.56. The summed E-state index contributed by atoms with van der Waals surface area (Å²) in [5.74, 6) is -0.164. The summed E-state index contributed by atoms with van der Waals surface area (Å²) in [5, 5.41) is 7.13. The lowest BCUT2D eigenvalue weighted by molar-refractivity contribution is -0.123. The summed E-state index contributed by atoms with van der Waals surface area (Å²) in [4.78, 5) is 23.7. The van der Waals surface area contributed by atoms with E-state index in [9.17, 15) is 9.59 Å². The molecule has 0 aliphatic rings. The minimum Gasteiger partial charge on any atom is -0.496 e. The van der Waals surface area contributed by atoms with Gasteiger partial charge in [0.25, 0.3) is 5.91 Å². The highest BCUT2D eigenvalue weighted by molar-refractivity contribution is 6.30. The van der Waals surface area contributed by atoms with E-state index in [2.05, 4.69) is 15.8 Å². The fraction of sp³-hybridized carbons (Fsp3) is 0.150. The number of carbonyl (C=O) groups is 2. The van der Waals surface area contributed by atoms with Crippen LogP contribution in [0.3, 0.4) is 0 Å². The number of hydrogen-bond donors (Lipinski definition) is 2. The molecule has 7 heteroatoms. The minimum absolute atomic E-state index is 0.188. The first-order chi connectivity index (χ1) is 13.0. The van der Waals surface area contributed by atoms with Crippen LogP contribution in [0.15, 0.2) is 59.7 Å². The van der Waals surface area contributed by atoms with E-state index in [0.717, 1.165) is 11.1 Å². The zero-order valence-corrected chi connectivity index (χ0v) is 15.8. The molecule has 140 valence electrons. The van der Waals surface area contributed by atoms with Gasteiger partial charge in [-0.2, -0.15) is 5.10 Å². The maximum Gasteiger partial charge on any atom is 0.259 e. The third-order valence-corrected chi connectivity index (χ3v) is 3.84. The van der Waals surface area contributed by atoms with Gasteiger partial charge in [0.2, 0.25) is 5.91 Å². The number of nitrogens with one attached hydrogen (secondary N) is 2. The van der Waals surface area contributed by atoms with Gasteiger partial charge in [-0.15, -0.1) is 0 Å². The fourth-order valence-corrected chi connectivity index (χ4v) is 2.26. The second-order valence-corrected chi connectivity index (χ2v) is 5.97. The highest BCUT2D eigenvalue weighted by Gasteiger charge is 2.04. The Kier molecular flexibility index (Phi) is 7.58. The zero-order chi connectivity index (χ0) is 19.6. The van der Waals surface area contributed by atoms with E-state index >= 15 is 0 Å². The molecule has 0 heterocycles. The largest absolute Gasteiger partial charge is 0.496 e. The number of hydrazone groups is 1. The summed E-state index contributed by atoms with van der Waals surface area (Å²) < 4.78 is 5.20. The predicted octanol–water partition coefficient (Wildman–Crippen LogP) is 3.02. The van der Waals surface area contributed by atoms with Crippen LogP contribution in [0.5, 0.6) is 5.75 Å². The first kappa shape index (κ1) is 20.2. The molecule has 2 aromatic rings. The van der Waals surface area contributed by atoms with Gasteiger partial charge in [0, 0.05) is 16.7 Å². The summed E-state index contributed by atoms with van der Waals surface area (Å²) in [6.07, 6.45) is 2.96. The number of halogens is 1. The Hall–Kier alpha value is -3.12. The predicted molar refractivity (Wildman–Crippen MR) is 107 cm³/mol. The SMILES string of the molecule is COc1ccccc1/C=C/C(=O)NCC(=O)N/N=C(\C)c1ccc(Cl)cc1. The summed E-state index contributed by atoms with van der Waals surface area (Å²) >= 11 is 5.83. The van der Waals surface area contributed by atoms with E-state index < -0.39 is 11.8 Å². The molecule has 0 aliphatic carbocycles. The maximum absolute atomic E-state index is 11.8. The van der Waals surface area contributed by atoms with Crippen molar-refractivity contribution in [3.05, 3.63) is 70.8 Å². The standard InChI is InChI=1S/C20H20ClN3O3/c1-14(15-7-10-17(21)11-8-15)23-24-20(26)13-22-19(25)12-9-16-5-3-4-6-18(16)27-2/h3-12H,13H2,1-2H3,(H,22,25)(H,24,26)/b12-9+,23-14+. The molecule has 27 heavy (non-hydrogen) atoms. The number of rotatable bonds is 7. The molecule has 0 atom stereocenters. The Bertz CT molecular complexity index is 861. The van der Waals surface area contributed by atoms with E-state index in [1.54, 1.807) is 50.4 Å². The van der Waals surface area contributed by atoms with Gasteiger partial charge in [0.15, 0.2) is 0 Å². The van der Waals surface area contributed by atoms with Gasteiger partial charge in [0.05, 0.1) is 19.4 Å². The van der Waals surface area contributed by atoms with Crippen LogP contribution in [-0.2, 0) is 9.59 Å². The van der Waals surface area contributed by atoms with Crippen LogP contribution >= 0.6 is 11.6 Å².